The first kappa shape index (κ1) is 13.3. The molecule has 20 heavy (non-hydrogen) atoms. The van der Waals surface area contributed by atoms with E-state index in [1.165, 1.54) is 16.7 Å². The van der Waals surface area contributed by atoms with Crippen LogP contribution in [0.1, 0.15) is 36.1 Å². The monoisotopic (exact) mass is 267 g/mol. The molecule has 3 rings (SSSR count). The van der Waals surface area contributed by atoms with Crippen LogP contribution in [0.15, 0.2) is 54.6 Å². The summed E-state index contributed by atoms with van der Waals surface area (Å²) >= 11 is 0. The van der Waals surface area contributed by atoms with Crippen molar-refractivity contribution in [3.63, 3.8) is 0 Å². The van der Waals surface area contributed by atoms with E-state index in [0.717, 1.165) is 13.0 Å². The fraction of sp³-hybridized carbons (Fsp3) is 0.333. The average Bonchev–Trinajstić information content (AvgIpc) is 2.93. The van der Waals surface area contributed by atoms with Crippen molar-refractivity contribution in [1.82, 2.24) is 5.32 Å². The van der Waals surface area contributed by atoms with Crippen LogP contribution < -0.4 is 5.32 Å². The van der Waals surface area contributed by atoms with E-state index in [1.54, 1.807) is 0 Å². The molecule has 0 bridgehead atoms. The number of rotatable bonds is 4. The Morgan fingerprint density at radius 3 is 2.55 bits per heavy atom. The molecule has 2 N–H and O–H groups in total. The fourth-order valence-corrected chi connectivity index (χ4v) is 3.16. The molecule has 2 heteroatoms. The Morgan fingerprint density at radius 2 is 1.80 bits per heavy atom. The summed E-state index contributed by atoms with van der Waals surface area (Å²) in [5.74, 6) is 0. The van der Waals surface area contributed by atoms with Gasteiger partial charge in [-0.05, 0) is 23.1 Å². The van der Waals surface area contributed by atoms with Crippen molar-refractivity contribution in [2.45, 2.75) is 38.0 Å². The molecule has 0 saturated heterocycles. The summed E-state index contributed by atoms with van der Waals surface area (Å²) in [6.45, 7) is 2.91. The highest BCUT2D eigenvalue weighted by molar-refractivity contribution is 5.36. The molecule has 0 spiro atoms. The number of nitrogens with one attached hydrogen (secondary N) is 1. The summed E-state index contributed by atoms with van der Waals surface area (Å²) in [6.07, 6.45) is 1.41. The lowest BCUT2D eigenvalue weighted by Crippen LogP contribution is -2.42. The lowest BCUT2D eigenvalue weighted by Gasteiger charge is -2.34. The minimum absolute atomic E-state index is 0.0175. The first-order chi connectivity index (χ1) is 9.73. The predicted molar refractivity (Wildman–Crippen MR) is 81.4 cm³/mol. The molecule has 1 aliphatic rings. The average molecular weight is 267 g/mol. The van der Waals surface area contributed by atoms with E-state index in [4.69, 9.17) is 0 Å². The van der Waals surface area contributed by atoms with Gasteiger partial charge in [-0.15, -0.1) is 0 Å². The van der Waals surface area contributed by atoms with Gasteiger partial charge in [0.05, 0.1) is 11.6 Å². The first-order valence-corrected chi connectivity index (χ1v) is 7.30. The minimum atomic E-state index is -0.742. The summed E-state index contributed by atoms with van der Waals surface area (Å²) < 4.78 is 0. The van der Waals surface area contributed by atoms with E-state index >= 15 is 0 Å². The van der Waals surface area contributed by atoms with Crippen molar-refractivity contribution in [1.29, 1.82) is 0 Å². The fourth-order valence-electron chi connectivity index (χ4n) is 3.16. The zero-order valence-corrected chi connectivity index (χ0v) is 11.8. The standard InChI is InChI=1S/C18H21NO/c1-2-18(20,12-14-8-4-3-5-9-14)17-16-11-7-6-10-15(16)13-19-17/h3-11,17,19-20H,2,12-13H2,1H3. The van der Waals surface area contributed by atoms with Gasteiger partial charge < -0.3 is 10.4 Å². The molecule has 1 aliphatic heterocycles. The molecule has 2 atom stereocenters. The van der Waals surface area contributed by atoms with Crippen molar-refractivity contribution < 1.29 is 5.11 Å². The molecule has 0 aliphatic carbocycles. The quantitative estimate of drug-likeness (QED) is 0.891. The Hall–Kier alpha value is -1.64. The molecule has 0 amide bonds. The number of hydrogen-bond donors (Lipinski definition) is 2. The van der Waals surface area contributed by atoms with Crippen molar-refractivity contribution in [2.24, 2.45) is 0 Å². The summed E-state index contributed by atoms with van der Waals surface area (Å²) in [5.41, 5.74) is 2.99. The Bertz CT molecular complexity index is 581. The highest BCUT2D eigenvalue weighted by atomic mass is 16.3. The van der Waals surface area contributed by atoms with Gasteiger partial charge in [0, 0.05) is 13.0 Å². The maximum atomic E-state index is 11.2. The normalized spacial score (nSPS) is 20.4. The highest BCUT2D eigenvalue weighted by Crippen LogP contribution is 2.37. The molecule has 0 fully saturated rings. The van der Waals surface area contributed by atoms with Crippen LogP contribution in [-0.2, 0) is 13.0 Å². The third-order valence-electron chi connectivity index (χ3n) is 4.37. The topological polar surface area (TPSA) is 32.3 Å². The number of aliphatic hydroxyl groups is 1. The Balaban J connectivity index is 1.90. The lowest BCUT2D eigenvalue weighted by molar-refractivity contribution is 0.0000881. The van der Waals surface area contributed by atoms with Crippen molar-refractivity contribution in [2.75, 3.05) is 0 Å². The second-order valence-corrected chi connectivity index (χ2v) is 5.63. The van der Waals surface area contributed by atoms with E-state index in [1.807, 2.05) is 18.2 Å². The third-order valence-corrected chi connectivity index (χ3v) is 4.37. The van der Waals surface area contributed by atoms with Crippen LogP contribution in [0.3, 0.4) is 0 Å². The number of benzene rings is 2. The van der Waals surface area contributed by atoms with Gasteiger partial charge in [0.25, 0.3) is 0 Å². The molecule has 104 valence electrons. The van der Waals surface area contributed by atoms with Crippen LogP contribution in [0, 0.1) is 0 Å². The van der Waals surface area contributed by atoms with Gasteiger partial charge in [0.2, 0.25) is 0 Å². The van der Waals surface area contributed by atoms with Gasteiger partial charge in [-0.2, -0.15) is 0 Å². The third kappa shape index (κ3) is 2.37. The SMILES string of the molecule is CCC(O)(Cc1ccccc1)C1NCc2ccccc21. The van der Waals surface area contributed by atoms with Crippen molar-refractivity contribution >= 4 is 0 Å². The van der Waals surface area contributed by atoms with Gasteiger partial charge in [-0.25, -0.2) is 0 Å². The maximum Gasteiger partial charge on any atom is 0.0879 e. The maximum absolute atomic E-state index is 11.2. The van der Waals surface area contributed by atoms with Crippen LogP contribution in [0.25, 0.3) is 0 Å². The number of hydrogen-bond acceptors (Lipinski definition) is 2. The van der Waals surface area contributed by atoms with E-state index in [2.05, 4.69) is 48.6 Å². The van der Waals surface area contributed by atoms with Crippen LogP contribution >= 0.6 is 0 Å². The molecule has 2 aromatic rings. The van der Waals surface area contributed by atoms with Crippen LogP contribution in [0.4, 0.5) is 0 Å². The van der Waals surface area contributed by atoms with E-state index in [-0.39, 0.29) is 6.04 Å². The molecular weight excluding hydrogens is 246 g/mol. The van der Waals surface area contributed by atoms with Crippen LogP contribution in [0.2, 0.25) is 0 Å². The molecule has 2 nitrogen and oxygen atoms in total. The molecule has 0 radical (unpaired) electrons. The Labute approximate surface area is 120 Å². The second kappa shape index (κ2) is 5.39. The minimum Gasteiger partial charge on any atom is -0.388 e. The van der Waals surface area contributed by atoms with E-state index in [9.17, 15) is 5.11 Å². The second-order valence-electron chi connectivity index (χ2n) is 5.63. The summed E-state index contributed by atoms with van der Waals surface area (Å²) in [5, 5.41) is 14.6. The molecule has 2 aromatic carbocycles. The zero-order valence-electron chi connectivity index (χ0n) is 11.8. The summed E-state index contributed by atoms with van der Waals surface area (Å²) in [4.78, 5) is 0. The van der Waals surface area contributed by atoms with Gasteiger partial charge in [0.1, 0.15) is 0 Å². The van der Waals surface area contributed by atoms with Crippen molar-refractivity contribution in [3.05, 3.63) is 71.3 Å². The van der Waals surface area contributed by atoms with Gasteiger partial charge in [-0.1, -0.05) is 61.5 Å². The van der Waals surface area contributed by atoms with Gasteiger partial charge >= 0.3 is 0 Å². The van der Waals surface area contributed by atoms with Crippen LogP contribution in [0.5, 0.6) is 0 Å². The molecular formula is C18H21NO. The Kier molecular flexibility index (Phi) is 3.60. The van der Waals surface area contributed by atoms with Gasteiger partial charge in [-0.3, -0.25) is 0 Å². The molecule has 1 heterocycles. The summed E-state index contributed by atoms with van der Waals surface area (Å²) in [6, 6.07) is 18.6. The van der Waals surface area contributed by atoms with E-state index in [0.29, 0.717) is 6.42 Å². The molecule has 2 unspecified atom stereocenters. The summed E-state index contributed by atoms with van der Waals surface area (Å²) in [7, 11) is 0. The predicted octanol–water partition coefficient (Wildman–Crippen LogP) is 3.21. The van der Waals surface area contributed by atoms with Crippen molar-refractivity contribution in [3.8, 4) is 0 Å². The highest BCUT2D eigenvalue weighted by Gasteiger charge is 2.39. The molecule has 0 saturated carbocycles. The smallest absolute Gasteiger partial charge is 0.0879 e. The largest absolute Gasteiger partial charge is 0.388 e. The van der Waals surface area contributed by atoms with Gasteiger partial charge in [0.15, 0.2) is 0 Å². The Morgan fingerprint density at radius 1 is 1.10 bits per heavy atom. The number of fused-ring (bicyclic) bond motifs is 1. The zero-order chi connectivity index (χ0) is 14.0. The van der Waals surface area contributed by atoms with E-state index < -0.39 is 5.60 Å². The first-order valence-electron chi connectivity index (χ1n) is 7.30. The van der Waals surface area contributed by atoms with Crippen LogP contribution in [-0.4, -0.2) is 10.7 Å². The lowest BCUT2D eigenvalue weighted by atomic mass is 9.82. The molecule has 0 aromatic heterocycles.